The van der Waals surface area contributed by atoms with Crippen LogP contribution in [0.25, 0.3) is 11.0 Å². The summed E-state index contributed by atoms with van der Waals surface area (Å²) >= 11 is 6.00. The van der Waals surface area contributed by atoms with Crippen molar-refractivity contribution in [1.29, 1.82) is 0 Å². The summed E-state index contributed by atoms with van der Waals surface area (Å²) in [6, 6.07) is 7.50. The summed E-state index contributed by atoms with van der Waals surface area (Å²) in [7, 11) is 1.85. The first kappa shape index (κ1) is 16.1. The number of halogens is 1. The topological polar surface area (TPSA) is 76.8 Å². The smallest absolute Gasteiger partial charge is 0.278 e. The first-order valence-corrected chi connectivity index (χ1v) is 8.69. The highest BCUT2D eigenvalue weighted by Gasteiger charge is 2.19. The van der Waals surface area contributed by atoms with Gasteiger partial charge in [-0.25, -0.2) is 4.98 Å². The Morgan fingerprint density at radius 1 is 1.40 bits per heavy atom. The van der Waals surface area contributed by atoms with Gasteiger partial charge in [0.25, 0.3) is 5.91 Å². The molecule has 0 aliphatic carbocycles. The number of benzene rings is 1. The summed E-state index contributed by atoms with van der Waals surface area (Å²) in [5.41, 5.74) is 2.03. The van der Waals surface area contributed by atoms with Crippen LogP contribution in [0.1, 0.15) is 29.4 Å². The van der Waals surface area contributed by atoms with Gasteiger partial charge in [-0.2, -0.15) is 5.10 Å². The second kappa shape index (κ2) is 6.50. The van der Waals surface area contributed by atoms with Crippen LogP contribution in [0.15, 0.2) is 30.5 Å². The van der Waals surface area contributed by atoms with Crippen LogP contribution in [0.4, 0.5) is 5.95 Å². The summed E-state index contributed by atoms with van der Waals surface area (Å²) in [5.74, 6) is 0.197. The third-order valence-electron chi connectivity index (χ3n) is 4.55. The third-order valence-corrected chi connectivity index (χ3v) is 4.79. The van der Waals surface area contributed by atoms with Crippen LogP contribution < -0.4 is 10.6 Å². The van der Waals surface area contributed by atoms with Gasteiger partial charge in [0.2, 0.25) is 5.95 Å². The Morgan fingerprint density at radius 2 is 2.28 bits per heavy atom. The van der Waals surface area contributed by atoms with E-state index in [1.807, 2.05) is 28.6 Å². The number of anilines is 1. The van der Waals surface area contributed by atoms with Crippen molar-refractivity contribution in [2.24, 2.45) is 7.05 Å². The molecule has 2 aromatic heterocycles. The minimum Gasteiger partial charge on any atom is -0.315 e. The van der Waals surface area contributed by atoms with Gasteiger partial charge in [0.05, 0.1) is 17.1 Å². The van der Waals surface area contributed by atoms with E-state index in [9.17, 15) is 4.79 Å². The molecule has 0 saturated carbocycles. The molecule has 130 valence electrons. The Kier molecular flexibility index (Phi) is 4.19. The van der Waals surface area contributed by atoms with Crippen LogP contribution in [-0.2, 0) is 7.05 Å². The van der Waals surface area contributed by atoms with Crippen LogP contribution >= 0.6 is 11.6 Å². The number of amides is 1. The Balaban J connectivity index is 1.54. The molecule has 4 rings (SSSR count). The normalized spacial score (nSPS) is 17.8. The van der Waals surface area contributed by atoms with E-state index in [2.05, 4.69) is 20.7 Å². The predicted molar refractivity (Wildman–Crippen MR) is 97.0 cm³/mol. The molecule has 0 bridgehead atoms. The van der Waals surface area contributed by atoms with E-state index in [-0.39, 0.29) is 5.91 Å². The second-order valence-corrected chi connectivity index (χ2v) is 6.70. The number of aromatic nitrogens is 4. The summed E-state index contributed by atoms with van der Waals surface area (Å²) < 4.78 is 3.70. The molecule has 2 N–H and O–H groups in total. The molecule has 1 saturated heterocycles. The molecule has 25 heavy (non-hydrogen) atoms. The molecule has 1 unspecified atom stereocenters. The van der Waals surface area contributed by atoms with Crippen molar-refractivity contribution >= 4 is 34.5 Å². The molecule has 1 fully saturated rings. The zero-order valence-corrected chi connectivity index (χ0v) is 14.6. The monoisotopic (exact) mass is 358 g/mol. The molecular formula is C17H19ClN6O. The average molecular weight is 359 g/mol. The molecule has 3 heterocycles. The number of hydrogen-bond acceptors (Lipinski definition) is 4. The van der Waals surface area contributed by atoms with E-state index in [4.69, 9.17) is 11.6 Å². The molecule has 3 aromatic rings. The Morgan fingerprint density at radius 3 is 3.08 bits per heavy atom. The zero-order valence-electron chi connectivity index (χ0n) is 13.9. The second-order valence-electron chi connectivity index (χ2n) is 6.26. The Hall–Kier alpha value is -2.38. The molecule has 1 amide bonds. The molecule has 0 spiro atoms. The number of aryl methyl sites for hydroxylation is 1. The van der Waals surface area contributed by atoms with Gasteiger partial charge in [-0.05, 0) is 43.7 Å². The van der Waals surface area contributed by atoms with Gasteiger partial charge in [0.1, 0.15) is 0 Å². The Labute approximate surface area is 150 Å². The van der Waals surface area contributed by atoms with E-state index in [1.165, 1.54) is 0 Å². The fourth-order valence-electron chi connectivity index (χ4n) is 3.17. The molecular weight excluding hydrogens is 340 g/mol. The van der Waals surface area contributed by atoms with Gasteiger partial charge in [0, 0.05) is 24.8 Å². The highest BCUT2D eigenvalue weighted by molar-refractivity contribution is 6.31. The number of nitrogens with zero attached hydrogens (tertiary/aromatic N) is 4. The van der Waals surface area contributed by atoms with E-state index in [1.54, 1.807) is 18.2 Å². The predicted octanol–water partition coefficient (Wildman–Crippen LogP) is 2.60. The van der Waals surface area contributed by atoms with E-state index in [0.717, 1.165) is 37.0 Å². The number of nitrogens with one attached hydrogen (secondary N) is 2. The van der Waals surface area contributed by atoms with Gasteiger partial charge in [-0.3, -0.25) is 14.8 Å². The van der Waals surface area contributed by atoms with Crippen LogP contribution in [0.5, 0.6) is 0 Å². The Bertz CT molecular complexity index is 925. The fourth-order valence-corrected chi connectivity index (χ4v) is 3.34. The summed E-state index contributed by atoms with van der Waals surface area (Å²) in [6.07, 6.45) is 4.05. The number of hydrogen-bond donors (Lipinski definition) is 2. The van der Waals surface area contributed by atoms with Gasteiger partial charge < -0.3 is 9.88 Å². The lowest BCUT2D eigenvalue weighted by Crippen LogP contribution is -2.32. The van der Waals surface area contributed by atoms with E-state index < -0.39 is 0 Å². The lowest BCUT2D eigenvalue weighted by atomic mass is 10.1. The van der Waals surface area contributed by atoms with Crippen molar-refractivity contribution in [3.05, 3.63) is 41.2 Å². The largest absolute Gasteiger partial charge is 0.315 e. The molecule has 1 atom stereocenters. The van der Waals surface area contributed by atoms with E-state index in [0.29, 0.717) is 22.7 Å². The molecule has 8 heteroatoms. The van der Waals surface area contributed by atoms with Crippen molar-refractivity contribution in [1.82, 2.24) is 24.6 Å². The number of fused-ring (bicyclic) bond motifs is 1. The molecule has 7 nitrogen and oxygen atoms in total. The number of carbonyl (C=O) groups is 1. The van der Waals surface area contributed by atoms with Crippen LogP contribution in [0.2, 0.25) is 5.02 Å². The quantitative estimate of drug-likeness (QED) is 0.754. The van der Waals surface area contributed by atoms with Crippen LogP contribution in [0.3, 0.4) is 0 Å². The summed E-state index contributed by atoms with van der Waals surface area (Å²) in [4.78, 5) is 17.0. The lowest BCUT2D eigenvalue weighted by molar-refractivity contribution is 0.102. The van der Waals surface area contributed by atoms with Gasteiger partial charge in [-0.1, -0.05) is 11.6 Å². The molecule has 0 radical (unpaired) electrons. The van der Waals surface area contributed by atoms with Crippen LogP contribution in [0, 0.1) is 0 Å². The molecule has 1 aliphatic rings. The van der Waals surface area contributed by atoms with Crippen molar-refractivity contribution in [2.75, 3.05) is 18.4 Å². The minimum atomic E-state index is -0.271. The van der Waals surface area contributed by atoms with Crippen molar-refractivity contribution in [2.45, 2.75) is 18.9 Å². The summed E-state index contributed by atoms with van der Waals surface area (Å²) in [6.45, 7) is 1.93. The number of carbonyl (C=O) groups excluding carboxylic acids is 1. The average Bonchev–Trinajstić information content (AvgIpc) is 3.22. The molecule has 1 aliphatic heterocycles. The fraction of sp³-hybridized carbons (Fsp3) is 0.353. The zero-order chi connectivity index (χ0) is 17.4. The van der Waals surface area contributed by atoms with Crippen LogP contribution in [-0.4, -0.2) is 38.3 Å². The highest BCUT2D eigenvalue weighted by Crippen LogP contribution is 2.22. The van der Waals surface area contributed by atoms with Crippen molar-refractivity contribution < 1.29 is 4.79 Å². The minimum absolute atomic E-state index is 0.271. The van der Waals surface area contributed by atoms with E-state index >= 15 is 0 Å². The maximum absolute atomic E-state index is 12.5. The number of piperidine rings is 1. The first-order chi connectivity index (χ1) is 12.1. The lowest BCUT2D eigenvalue weighted by Gasteiger charge is -2.22. The van der Waals surface area contributed by atoms with Crippen molar-refractivity contribution in [3.8, 4) is 0 Å². The molecule has 1 aromatic carbocycles. The first-order valence-electron chi connectivity index (χ1n) is 8.31. The standard InChI is InChI=1S/C17H19ClN6O/c1-23-15-5-4-11(18)9-14(15)20-17(23)21-16(25)13-6-8-24(22-13)12-3-2-7-19-10-12/h4-6,8-9,12,19H,2-3,7,10H2,1H3,(H,20,21,25). The van der Waals surface area contributed by atoms with Crippen molar-refractivity contribution in [3.63, 3.8) is 0 Å². The third kappa shape index (κ3) is 3.12. The maximum atomic E-state index is 12.5. The SMILES string of the molecule is Cn1c(NC(=O)c2ccn(C3CCCNC3)n2)nc2cc(Cl)ccc21. The van der Waals surface area contributed by atoms with Gasteiger partial charge >= 0.3 is 0 Å². The van der Waals surface area contributed by atoms with Gasteiger partial charge in [0.15, 0.2) is 5.69 Å². The number of rotatable bonds is 3. The summed E-state index contributed by atoms with van der Waals surface area (Å²) in [5, 5.41) is 11.2. The number of imidazole rings is 1. The maximum Gasteiger partial charge on any atom is 0.278 e. The highest BCUT2D eigenvalue weighted by atomic mass is 35.5. The van der Waals surface area contributed by atoms with Gasteiger partial charge in [-0.15, -0.1) is 0 Å².